The third-order valence-corrected chi connectivity index (χ3v) is 4.47. The number of hydrogen-bond acceptors (Lipinski definition) is 5. The van der Waals surface area contributed by atoms with Gasteiger partial charge in [-0.1, -0.05) is 0 Å². The van der Waals surface area contributed by atoms with Gasteiger partial charge in [0.15, 0.2) is 5.13 Å². The van der Waals surface area contributed by atoms with Crippen LogP contribution in [0.3, 0.4) is 0 Å². The Morgan fingerprint density at radius 1 is 1.56 bits per heavy atom. The number of aryl methyl sites for hydroxylation is 1. The third-order valence-electron chi connectivity index (χ3n) is 3.23. The minimum absolute atomic E-state index is 0.606. The van der Waals surface area contributed by atoms with Crippen LogP contribution in [-0.2, 0) is 6.54 Å². The van der Waals surface area contributed by atoms with Crippen molar-refractivity contribution in [3.8, 4) is 0 Å². The lowest BCUT2D eigenvalue weighted by molar-refractivity contribution is 0.315. The van der Waals surface area contributed by atoms with Crippen LogP contribution in [0.4, 0.5) is 5.13 Å². The Labute approximate surface area is 101 Å². The van der Waals surface area contributed by atoms with Crippen molar-refractivity contribution < 1.29 is 0 Å². The average molecular weight is 240 g/mol. The number of anilines is 1. The molecule has 1 atom stereocenters. The van der Waals surface area contributed by atoms with Crippen molar-refractivity contribution in [2.75, 3.05) is 32.1 Å². The van der Waals surface area contributed by atoms with Crippen molar-refractivity contribution in [3.05, 3.63) is 10.6 Å². The molecule has 90 valence electrons. The van der Waals surface area contributed by atoms with E-state index in [1.165, 1.54) is 11.3 Å². The van der Waals surface area contributed by atoms with Crippen LogP contribution in [0.15, 0.2) is 0 Å². The molecule has 4 nitrogen and oxygen atoms in total. The first-order chi connectivity index (χ1) is 7.61. The molecule has 5 heteroatoms. The quantitative estimate of drug-likeness (QED) is 0.858. The van der Waals surface area contributed by atoms with E-state index >= 15 is 0 Å². The van der Waals surface area contributed by atoms with Crippen LogP contribution in [-0.4, -0.2) is 43.1 Å². The number of nitrogens with zero attached hydrogens (tertiary/aromatic N) is 3. The zero-order valence-corrected chi connectivity index (χ0v) is 11.0. The first kappa shape index (κ1) is 11.8. The Hall–Kier alpha value is -0.650. The lowest BCUT2D eigenvalue weighted by atomic mass is 10.2. The Bertz CT molecular complexity index is 361. The highest BCUT2D eigenvalue weighted by atomic mass is 32.1. The molecular weight excluding hydrogens is 220 g/mol. The molecule has 1 aliphatic heterocycles. The van der Waals surface area contributed by atoms with E-state index in [0.717, 1.165) is 23.9 Å². The van der Waals surface area contributed by atoms with Gasteiger partial charge in [0.2, 0.25) is 0 Å². The lowest BCUT2D eigenvalue weighted by Gasteiger charge is -2.19. The fourth-order valence-corrected chi connectivity index (χ4v) is 3.05. The van der Waals surface area contributed by atoms with Gasteiger partial charge in [-0.2, -0.15) is 0 Å². The van der Waals surface area contributed by atoms with E-state index in [1.807, 2.05) is 6.92 Å². The topological polar surface area (TPSA) is 45.4 Å². The molecule has 0 radical (unpaired) electrons. The summed E-state index contributed by atoms with van der Waals surface area (Å²) in [6.45, 7) is 4.85. The molecule has 1 aliphatic rings. The summed E-state index contributed by atoms with van der Waals surface area (Å²) in [5.74, 6) is 0. The van der Waals surface area contributed by atoms with Crippen LogP contribution in [0.5, 0.6) is 0 Å². The van der Waals surface area contributed by atoms with Gasteiger partial charge >= 0.3 is 0 Å². The first-order valence-corrected chi connectivity index (χ1v) is 6.51. The van der Waals surface area contributed by atoms with Crippen LogP contribution in [0.25, 0.3) is 0 Å². The minimum Gasteiger partial charge on any atom is -0.346 e. The van der Waals surface area contributed by atoms with E-state index in [4.69, 9.17) is 5.73 Å². The van der Waals surface area contributed by atoms with Crippen molar-refractivity contribution in [2.24, 2.45) is 5.73 Å². The molecule has 2 heterocycles. The molecule has 0 saturated carbocycles. The highest BCUT2D eigenvalue weighted by molar-refractivity contribution is 7.15. The van der Waals surface area contributed by atoms with Gasteiger partial charge in [0.05, 0.1) is 5.69 Å². The van der Waals surface area contributed by atoms with Crippen LogP contribution < -0.4 is 10.6 Å². The SMILES string of the molecule is Cc1nc(N2CCC(N(C)C)C2)sc1CN. The lowest BCUT2D eigenvalue weighted by Crippen LogP contribution is -2.31. The molecule has 1 aromatic rings. The Morgan fingerprint density at radius 3 is 2.81 bits per heavy atom. The Kier molecular flexibility index (Phi) is 3.47. The number of thiazole rings is 1. The largest absolute Gasteiger partial charge is 0.346 e. The molecule has 1 fully saturated rings. The molecular formula is C11H20N4S. The summed E-state index contributed by atoms with van der Waals surface area (Å²) in [5.41, 5.74) is 6.78. The average Bonchev–Trinajstić information content (AvgIpc) is 2.83. The molecule has 0 aliphatic carbocycles. The highest BCUT2D eigenvalue weighted by Gasteiger charge is 2.26. The van der Waals surface area contributed by atoms with Gasteiger partial charge in [0.1, 0.15) is 0 Å². The van der Waals surface area contributed by atoms with Crippen LogP contribution in [0.1, 0.15) is 17.0 Å². The zero-order chi connectivity index (χ0) is 11.7. The summed E-state index contributed by atoms with van der Waals surface area (Å²) >= 11 is 1.74. The molecule has 0 bridgehead atoms. The monoisotopic (exact) mass is 240 g/mol. The van der Waals surface area contributed by atoms with E-state index in [9.17, 15) is 0 Å². The minimum atomic E-state index is 0.606. The maximum absolute atomic E-state index is 5.68. The zero-order valence-electron chi connectivity index (χ0n) is 10.2. The number of likely N-dealkylation sites (N-methyl/N-ethyl adjacent to an activating group) is 1. The second-order valence-corrected chi connectivity index (χ2v) is 5.62. The molecule has 2 rings (SSSR count). The summed E-state index contributed by atoms with van der Waals surface area (Å²) < 4.78 is 0. The smallest absolute Gasteiger partial charge is 0.185 e. The van der Waals surface area contributed by atoms with Crippen LogP contribution >= 0.6 is 11.3 Å². The molecule has 1 saturated heterocycles. The highest BCUT2D eigenvalue weighted by Crippen LogP contribution is 2.29. The summed E-state index contributed by atoms with van der Waals surface area (Å²) in [6, 6.07) is 0.658. The number of nitrogens with two attached hydrogens (primary N) is 1. The predicted octanol–water partition coefficient (Wildman–Crippen LogP) is 1.05. The van der Waals surface area contributed by atoms with Crippen molar-refractivity contribution in [3.63, 3.8) is 0 Å². The van der Waals surface area contributed by atoms with E-state index in [1.54, 1.807) is 11.3 Å². The Morgan fingerprint density at radius 2 is 2.31 bits per heavy atom. The van der Waals surface area contributed by atoms with Gasteiger partial charge in [-0.25, -0.2) is 4.98 Å². The number of aromatic nitrogens is 1. The van der Waals surface area contributed by atoms with Gasteiger partial charge in [0.25, 0.3) is 0 Å². The summed E-state index contributed by atoms with van der Waals surface area (Å²) in [7, 11) is 4.29. The van der Waals surface area contributed by atoms with Crippen molar-refractivity contribution in [2.45, 2.75) is 25.9 Å². The van der Waals surface area contributed by atoms with Crippen molar-refractivity contribution in [1.82, 2.24) is 9.88 Å². The molecule has 2 N–H and O–H groups in total. The van der Waals surface area contributed by atoms with Gasteiger partial charge in [-0.15, -0.1) is 11.3 Å². The van der Waals surface area contributed by atoms with Gasteiger partial charge in [0, 0.05) is 30.6 Å². The van der Waals surface area contributed by atoms with Crippen LogP contribution in [0, 0.1) is 6.92 Å². The third kappa shape index (κ3) is 2.21. The molecule has 0 amide bonds. The maximum atomic E-state index is 5.68. The van der Waals surface area contributed by atoms with Gasteiger partial charge in [-0.05, 0) is 27.4 Å². The summed E-state index contributed by atoms with van der Waals surface area (Å²) in [6.07, 6.45) is 1.23. The summed E-state index contributed by atoms with van der Waals surface area (Å²) in [5, 5.41) is 1.14. The van der Waals surface area contributed by atoms with Gasteiger partial charge < -0.3 is 15.5 Å². The Balaban J connectivity index is 2.08. The van der Waals surface area contributed by atoms with E-state index < -0.39 is 0 Å². The molecule has 0 aromatic carbocycles. The summed E-state index contributed by atoms with van der Waals surface area (Å²) in [4.78, 5) is 10.5. The van der Waals surface area contributed by atoms with E-state index in [-0.39, 0.29) is 0 Å². The van der Waals surface area contributed by atoms with E-state index in [2.05, 4.69) is 28.9 Å². The fourth-order valence-electron chi connectivity index (χ4n) is 2.07. The molecule has 1 unspecified atom stereocenters. The maximum Gasteiger partial charge on any atom is 0.185 e. The van der Waals surface area contributed by atoms with Crippen LogP contribution in [0.2, 0.25) is 0 Å². The van der Waals surface area contributed by atoms with E-state index in [0.29, 0.717) is 12.6 Å². The van der Waals surface area contributed by atoms with Crippen molar-refractivity contribution >= 4 is 16.5 Å². The fraction of sp³-hybridized carbons (Fsp3) is 0.727. The molecule has 1 aromatic heterocycles. The second-order valence-electron chi connectivity index (χ2n) is 4.56. The second kappa shape index (κ2) is 4.69. The predicted molar refractivity (Wildman–Crippen MR) is 69.0 cm³/mol. The number of hydrogen-bond donors (Lipinski definition) is 1. The van der Waals surface area contributed by atoms with Crippen molar-refractivity contribution in [1.29, 1.82) is 0 Å². The normalized spacial score (nSPS) is 21.1. The van der Waals surface area contributed by atoms with Gasteiger partial charge in [-0.3, -0.25) is 0 Å². The standard InChI is InChI=1S/C11H20N4S/c1-8-10(6-12)16-11(13-8)15-5-4-9(7-15)14(2)3/h9H,4-7,12H2,1-3H3. The molecule has 16 heavy (non-hydrogen) atoms. The first-order valence-electron chi connectivity index (χ1n) is 5.69. The molecule has 0 spiro atoms. The number of rotatable bonds is 3.